The van der Waals surface area contributed by atoms with Crippen molar-refractivity contribution in [3.05, 3.63) is 35.4 Å². The Morgan fingerprint density at radius 1 is 1.24 bits per heavy atom. The third-order valence-corrected chi connectivity index (χ3v) is 2.21. The predicted octanol–water partition coefficient (Wildman–Crippen LogP) is 0.309. The fourth-order valence-corrected chi connectivity index (χ4v) is 1.30. The molecule has 5 heteroatoms. The maximum absolute atomic E-state index is 11.3. The number of amides is 2. The van der Waals surface area contributed by atoms with Crippen LogP contribution in [-0.2, 0) is 16.1 Å². The molecule has 1 aromatic rings. The predicted molar refractivity (Wildman–Crippen MR) is 63.6 cm³/mol. The van der Waals surface area contributed by atoms with Crippen molar-refractivity contribution in [3.8, 4) is 0 Å². The minimum Gasteiger partial charge on any atom is -0.375 e. The molecule has 0 heterocycles. The van der Waals surface area contributed by atoms with Crippen molar-refractivity contribution < 1.29 is 14.3 Å². The largest absolute Gasteiger partial charge is 0.375 e. The van der Waals surface area contributed by atoms with Gasteiger partial charge in [0.05, 0.1) is 0 Å². The molecule has 0 saturated carbocycles. The minimum absolute atomic E-state index is 0.0519. The number of ether oxygens (including phenoxy) is 1. The highest BCUT2D eigenvalue weighted by molar-refractivity contribution is 5.93. The minimum atomic E-state index is -0.164. The Labute approximate surface area is 100 Å². The van der Waals surface area contributed by atoms with Crippen molar-refractivity contribution in [2.75, 3.05) is 20.8 Å². The van der Waals surface area contributed by atoms with Gasteiger partial charge < -0.3 is 15.4 Å². The summed E-state index contributed by atoms with van der Waals surface area (Å²) in [5, 5.41) is 5.24. The number of nitrogens with one attached hydrogen (secondary N) is 2. The summed E-state index contributed by atoms with van der Waals surface area (Å²) in [6.07, 6.45) is 0. The van der Waals surface area contributed by atoms with Crippen LogP contribution in [0.2, 0.25) is 0 Å². The molecule has 0 bridgehead atoms. The first-order chi connectivity index (χ1) is 8.17. The standard InChI is InChI=1S/C12H16N2O3/c1-13-12(16)10-5-3-9(4-6-10)7-14-11(15)8-17-2/h3-6H,7-8H2,1-2H3,(H,13,16)(H,14,15). The summed E-state index contributed by atoms with van der Waals surface area (Å²) in [6.45, 7) is 0.479. The number of benzene rings is 1. The molecular weight excluding hydrogens is 220 g/mol. The van der Waals surface area contributed by atoms with E-state index in [0.717, 1.165) is 5.56 Å². The molecule has 2 amide bonds. The quantitative estimate of drug-likeness (QED) is 0.773. The summed E-state index contributed by atoms with van der Waals surface area (Å²) < 4.78 is 4.69. The fraction of sp³-hybridized carbons (Fsp3) is 0.333. The fourth-order valence-electron chi connectivity index (χ4n) is 1.30. The molecule has 0 aliphatic carbocycles. The van der Waals surface area contributed by atoms with Crippen LogP contribution < -0.4 is 10.6 Å². The van der Waals surface area contributed by atoms with Crippen LogP contribution >= 0.6 is 0 Å². The van der Waals surface area contributed by atoms with E-state index >= 15 is 0 Å². The Bertz CT molecular complexity index is 387. The molecule has 0 spiro atoms. The smallest absolute Gasteiger partial charge is 0.251 e. The van der Waals surface area contributed by atoms with E-state index in [9.17, 15) is 9.59 Å². The van der Waals surface area contributed by atoms with E-state index in [-0.39, 0.29) is 18.4 Å². The molecule has 0 atom stereocenters. The number of carbonyl (C=O) groups is 2. The van der Waals surface area contributed by atoms with Crippen molar-refractivity contribution in [2.24, 2.45) is 0 Å². The third kappa shape index (κ3) is 4.24. The highest BCUT2D eigenvalue weighted by Gasteiger charge is 2.03. The van der Waals surface area contributed by atoms with Crippen LogP contribution in [0.25, 0.3) is 0 Å². The lowest BCUT2D eigenvalue weighted by atomic mass is 10.1. The van der Waals surface area contributed by atoms with Crippen LogP contribution in [0.5, 0.6) is 0 Å². The van der Waals surface area contributed by atoms with E-state index in [0.29, 0.717) is 12.1 Å². The van der Waals surface area contributed by atoms with Gasteiger partial charge in [0.1, 0.15) is 6.61 Å². The normalized spacial score (nSPS) is 9.76. The first kappa shape index (κ1) is 13.2. The van der Waals surface area contributed by atoms with Gasteiger partial charge >= 0.3 is 0 Å². The number of methoxy groups -OCH3 is 1. The molecule has 0 aliphatic rings. The Morgan fingerprint density at radius 3 is 2.41 bits per heavy atom. The molecule has 0 saturated heterocycles. The second kappa shape index (κ2) is 6.65. The Morgan fingerprint density at radius 2 is 1.88 bits per heavy atom. The molecular formula is C12H16N2O3. The van der Waals surface area contributed by atoms with E-state index in [2.05, 4.69) is 10.6 Å². The molecule has 0 radical (unpaired) electrons. The van der Waals surface area contributed by atoms with Gasteiger partial charge in [0.15, 0.2) is 0 Å². The van der Waals surface area contributed by atoms with Gasteiger partial charge in [-0.1, -0.05) is 12.1 Å². The Balaban J connectivity index is 2.51. The molecule has 0 aromatic heterocycles. The summed E-state index contributed by atoms with van der Waals surface area (Å²) in [6, 6.07) is 7.04. The number of hydrogen-bond donors (Lipinski definition) is 2. The van der Waals surface area contributed by atoms with Crippen LogP contribution in [-0.4, -0.2) is 32.6 Å². The van der Waals surface area contributed by atoms with Gasteiger partial charge in [-0.05, 0) is 17.7 Å². The van der Waals surface area contributed by atoms with E-state index < -0.39 is 0 Å². The molecule has 92 valence electrons. The van der Waals surface area contributed by atoms with Gasteiger partial charge in [-0.25, -0.2) is 0 Å². The topological polar surface area (TPSA) is 67.4 Å². The van der Waals surface area contributed by atoms with Crippen LogP contribution in [0.1, 0.15) is 15.9 Å². The van der Waals surface area contributed by atoms with Crippen LogP contribution in [0.4, 0.5) is 0 Å². The van der Waals surface area contributed by atoms with E-state index in [4.69, 9.17) is 4.74 Å². The Hall–Kier alpha value is -1.88. The van der Waals surface area contributed by atoms with Crippen molar-refractivity contribution in [2.45, 2.75) is 6.54 Å². The van der Waals surface area contributed by atoms with Gasteiger partial charge in [0, 0.05) is 26.3 Å². The number of rotatable bonds is 5. The first-order valence-corrected chi connectivity index (χ1v) is 5.24. The molecule has 0 unspecified atom stereocenters. The van der Waals surface area contributed by atoms with Crippen molar-refractivity contribution in [3.63, 3.8) is 0 Å². The summed E-state index contributed by atoms with van der Waals surface area (Å²) in [5.74, 6) is -0.289. The lowest BCUT2D eigenvalue weighted by Gasteiger charge is -2.05. The summed E-state index contributed by atoms with van der Waals surface area (Å²) in [7, 11) is 3.05. The van der Waals surface area contributed by atoms with Crippen molar-refractivity contribution in [1.82, 2.24) is 10.6 Å². The second-order valence-corrected chi connectivity index (χ2v) is 3.49. The van der Waals surface area contributed by atoms with Gasteiger partial charge in [0.25, 0.3) is 5.91 Å². The van der Waals surface area contributed by atoms with E-state index in [1.807, 2.05) is 0 Å². The molecule has 5 nitrogen and oxygen atoms in total. The van der Waals surface area contributed by atoms with Gasteiger partial charge in [0.2, 0.25) is 5.91 Å². The average Bonchev–Trinajstić information content (AvgIpc) is 2.36. The molecule has 17 heavy (non-hydrogen) atoms. The lowest BCUT2D eigenvalue weighted by molar-refractivity contribution is -0.124. The van der Waals surface area contributed by atoms with Crippen molar-refractivity contribution in [1.29, 1.82) is 0 Å². The maximum Gasteiger partial charge on any atom is 0.251 e. The zero-order valence-corrected chi connectivity index (χ0v) is 9.95. The summed E-state index contributed by atoms with van der Waals surface area (Å²) >= 11 is 0. The van der Waals surface area contributed by atoms with E-state index in [1.54, 1.807) is 31.3 Å². The van der Waals surface area contributed by atoms with Crippen LogP contribution in [0.3, 0.4) is 0 Å². The number of carbonyl (C=O) groups excluding carboxylic acids is 2. The monoisotopic (exact) mass is 236 g/mol. The first-order valence-electron chi connectivity index (χ1n) is 5.24. The second-order valence-electron chi connectivity index (χ2n) is 3.49. The zero-order chi connectivity index (χ0) is 12.7. The Kier molecular flexibility index (Phi) is 5.16. The highest BCUT2D eigenvalue weighted by atomic mass is 16.5. The molecule has 0 fully saturated rings. The third-order valence-electron chi connectivity index (χ3n) is 2.21. The van der Waals surface area contributed by atoms with Crippen LogP contribution in [0, 0.1) is 0 Å². The average molecular weight is 236 g/mol. The molecule has 0 aliphatic heterocycles. The maximum atomic E-state index is 11.3. The summed E-state index contributed by atoms with van der Waals surface area (Å²) in [4.78, 5) is 22.4. The van der Waals surface area contributed by atoms with Gasteiger partial charge in [-0.15, -0.1) is 0 Å². The lowest BCUT2D eigenvalue weighted by Crippen LogP contribution is -2.26. The zero-order valence-electron chi connectivity index (χ0n) is 9.95. The number of hydrogen-bond acceptors (Lipinski definition) is 3. The SMILES string of the molecule is CNC(=O)c1ccc(CNC(=O)COC)cc1. The molecule has 1 rings (SSSR count). The van der Waals surface area contributed by atoms with Crippen molar-refractivity contribution >= 4 is 11.8 Å². The van der Waals surface area contributed by atoms with Gasteiger partial charge in [-0.3, -0.25) is 9.59 Å². The molecule has 1 aromatic carbocycles. The van der Waals surface area contributed by atoms with E-state index in [1.165, 1.54) is 7.11 Å². The highest BCUT2D eigenvalue weighted by Crippen LogP contribution is 2.04. The molecule has 2 N–H and O–H groups in total. The van der Waals surface area contributed by atoms with Crippen LogP contribution in [0.15, 0.2) is 24.3 Å². The summed E-state index contributed by atoms with van der Waals surface area (Å²) in [5.41, 5.74) is 1.53. The van der Waals surface area contributed by atoms with Gasteiger partial charge in [-0.2, -0.15) is 0 Å².